The minimum absolute atomic E-state index is 0.0507. The molecule has 2 aromatic heterocycles. The smallest absolute Gasteiger partial charge is 0.352 e. The predicted octanol–water partition coefficient (Wildman–Crippen LogP) is 5.85. The molecule has 12 nitrogen and oxygen atoms in total. The Bertz CT molecular complexity index is 2070. The third kappa shape index (κ3) is 7.93. The van der Waals surface area contributed by atoms with E-state index >= 15 is 0 Å². The number of rotatable bonds is 8. The summed E-state index contributed by atoms with van der Waals surface area (Å²) in [6.07, 6.45) is 2.09. The molecule has 4 heterocycles. The standard InChI is InChI=1S/C20H29N3O3S.C16H20N2O4S/c1-5-22(6-2)20(24)19-11-16-10-17(7-8-18(16)21-19)27(25,26)23-12-14(3)9-15(4)13-23;1-10-5-11(2)9-18(8-10)23(21,22)13-3-4-14-12(6-13)7-15(17-14)16(19)20/h7-8,10-11,14-15,21H,5-6,9,12-13H2,1-4H3;3-4,6-7,10-11,17H,5,8-9H2,1-2H3,(H,19,20). The van der Waals surface area contributed by atoms with Crippen molar-refractivity contribution in [1.82, 2.24) is 23.5 Å². The summed E-state index contributed by atoms with van der Waals surface area (Å²) >= 11 is 0. The number of nitrogens with zero attached hydrogens (tertiary/aromatic N) is 3. The lowest BCUT2D eigenvalue weighted by atomic mass is 9.94. The zero-order chi connectivity index (χ0) is 36.5. The second kappa shape index (κ2) is 14.9. The summed E-state index contributed by atoms with van der Waals surface area (Å²) in [7, 11) is -7.09. The normalized spacial score (nSPS) is 22.3. The summed E-state index contributed by atoms with van der Waals surface area (Å²) in [6.45, 7) is 15.6. The van der Waals surface area contributed by atoms with E-state index in [-0.39, 0.29) is 21.4 Å². The van der Waals surface area contributed by atoms with E-state index < -0.39 is 26.0 Å². The topological polar surface area (TPSA) is 164 Å². The molecule has 2 aliphatic heterocycles. The van der Waals surface area contributed by atoms with Crippen LogP contribution < -0.4 is 0 Å². The highest BCUT2D eigenvalue weighted by molar-refractivity contribution is 7.89. The second-order valence-corrected chi connectivity index (χ2v) is 18.1. The van der Waals surface area contributed by atoms with Crippen molar-refractivity contribution in [1.29, 1.82) is 0 Å². The summed E-state index contributed by atoms with van der Waals surface area (Å²) in [5.41, 5.74) is 1.92. The van der Waals surface area contributed by atoms with Gasteiger partial charge in [-0.3, -0.25) is 4.79 Å². The van der Waals surface area contributed by atoms with Gasteiger partial charge < -0.3 is 20.0 Å². The molecule has 3 N–H and O–H groups in total. The number of carbonyl (C=O) groups is 2. The number of aromatic carboxylic acids is 1. The minimum Gasteiger partial charge on any atom is -0.477 e. The number of fused-ring (bicyclic) bond motifs is 2. The van der Waals surface area contributed by atoms with Gasteiger partial charge in [0, 0.05) is 61.1 Å². The molecule has 0 bridgehead atoms. The van der Waals surface area contributed by atoms with E-state index in [0.717, 1.165) is 23.7 Å². The van der Waals surface area contributed by atoms with Gasteiger partial charge in [0.25, 0.3) is 5.91 Å². The molecular formula is C36H49N5O7S2. The van der Waals surface area contributed by atoms with E-state index in [1.54, 1.807) is 39.5 Å². The zero-order valence-electron chi connectivity index (χ0n) is 29.6. The first-order valence-electron chi connectivity index (χ1n) is 17.3. The van der Waals surface area contributed by atoms with Crippen molar-refractivity contribution < 1.29 is 31.5 Å². The maximum Gasteiger partial charge on any atom is 0.352 e. The Kier molecular flexibility index (Phi) is 11.2. The van der Waals surface area contributed by atoms with Crippen LogP contribution in [0.15, 0.2) is 58.3 Å². The molecule has 14 heteroatoms. The molecule has 2 fully saturated rings. The number of benzene rings is 2. The van der Waals surface area contributed by atoms with Gasteiger partial charge >= 0.3 is 5.97 Å². The lowest BCUT2D eigenvalue weighted by Gasteiger charge is -2.34. The molecule has 2 aromatic carbocycles. The zero-order valence-corrected chi connectivity index (χ0v) is 31.3. The first-order valence-corrected chi connectivity index (χ1v) is 20.2. The fourth-order valence-electron chi connectivity index (χ4n) is 7.36. The molecule has 0 radical (unpaired) electrons. The first kappa shape index (κ1) is 37.5. The Hall–Kier alpha value is -3.72. The van der Waals surface area contributed by atoms with Crippen LogP contribution in [0.5, 0.6) is 0 Å². The molecule has 0 saturated carbocycles. The van der Waals surface area contributed by atoms with Crippen LogP contribution >= 0.6 is 0 Å². The number of nitrogens with one attached hydrogen (secondary N) is 2. The maximum atomic E-state index is 13.1. The first-order chi connectivity index (χ1) is 23.5. The summed E-state index contributed by atoms with van der Waals surface area (Å²) in [5.74, 6) is 0.255. The second-order valence-electron chi connectivity index (χ2n) is 14.2. The molecule has 4 atom stereocenters. The van der Waals surface area contributed by atoms with E-state index in [4.69, 9.17) is 5.11 Å². The summed E-state index contributed by atoms with van der Waals surface area (Å²) in [5, 5.41) is 10.3. The van der Waals surface area contributed by atoms with E-state index in [2.05, 4.69) is 37.7 Å². The molecule has 6 rings (SSSR count). The van der Waals surface area contributed by atoms with Crippen molar-refractivity contribution in [2.45, 2.75) is 64.2 Å². The minimum atomic E-state index is -3.56. The summed E-state index contributed by atoms with van der Waals surface area (Å²) < 4.78 is 55.1. The summed E-state index contributed by atoms with van der Waals surface area (Å²) in [6, 6.07) is 12.9. The lowest BCUT2D eigenvalue weighted by Crippen LogP contribution is -2.42. The quantitative estimate of drug-likeness (QED) is 0.205. The van der Waals surface area contributed by atoms with Crippen LogP contribution in [0.2, 0.25) is 0 Å². The Morgan fingerprint density at radius 3 is 1.44 bits per heavy atom. The van der Waals surface area contributed by atoms with Gasteiger partial charge in [-0.2, -0.15) is 8.61 Å². The van der Waals surface area contributed by atoms with Crippen LogP contribution in [-0.2, 0) is 20.0 Å². The summed E-state index contributed by atoms with van der Waals surface area (Å²) in [4.78, 5) is 31.7. The average molecular weight is 728 g/mol. The van der Waals surface area contributed by atoms with Crippen molar-refractivity contribution in [2.24, 2.45) is 23.7 Å². The number of amides is 1. The number of carboxylic acids is 1. The predicted molar refractivity (Wildman–Crippen MR) is 194 cm³/mol. The van der Waals surface area contributed by atoms with Gasteiger partial charge in [0.1, 0.15) is 11.4 Å². The number of aromatic nitrogens is 2. The average Bonchev–Trinajstić information content (AvgIpc) is 3.69. The molecule has 2 saturated heterocycles. The Labute approximate surface area is 294 Å². The van der Waals surface area contributed by atoms with Gasteiger partial charge in [-0.25, -0.2) is 21.6 Å². The largest absolute Gasteiger partial charge is 0.477 e. The van der Waals surface area contributed by atoms with Crippen molar-refractivity contribution in [3.8, 4) is 0 Å². The van der Waals surface area contributed by atoms with Crippen molar-refractivity contribution >= 4 is 53.7 Å². The van der Waals surface area contributed by atoms with Gasteiger partial charge in [-0.1, -0.05) is 27.7 Å². The Morgan fingerprint density at radius 2 is 1.06 bits per heavy atom. The van der Waals surface area contributed by atoms with Gasteiger partial charge in [-0.05, 0) is 98.9 Å². The van der Waals surface area contributed by atoms with Crippen LogP contribution in [0.4, 0.5) is 0 Å². The van der Waals surface area contributed by atoms with Gasteiger partial charge in [-0.15, -0.1) is 0 Å². The van der Waals surface area contributed by atoms with E-state index in [1.807, 2.05) is 13.8 Å². The van der Waals surface area contributed by atoms with E-state index in [0.29, 0.717) is 79.5 Å². The highest BCUT2D eigenvalue weighted by atomic mass is 32.2. The molecule has 0 aliphatic carbocycles. The molecular weight excluding hydrogens is 679 g/mol. The van der Waals surface area contributed by atoms with Crippen molar-refractivity contribution in [3.63, 3.8) is 0 Å². The van der Waals surface area contributed by atoms with Crippen molar-refractivity contribution in [3.05, 3.63) is 59.9 Å². The fourth-order valence-corrected chi connectivity index (χ4v) is 10.8. The number of piperidine rings is 2. The van der Waals surface area contributed by atoms with Gasteiger partial charge in [0.15, 0.2) is 0 Å². The molecule has 1 amide bonds. The lowest BCUT2D eigenvalue weighted by molar-refractivity contribution is 0.0690. The molecule has 272 valence electrons. The van der Waals surface area contributed by atoms with Crippen LogP contribution in [-0.4, -0.2) is 96.6 Å². The number of hydrogen-bond donors (Lipinski definition) is 3. The Balaban J connectivity index is 0.000000197. The number of carbonyl (C=O) groups excluding carboxylic acids is 1. The van der Waals surface area contributed by atoms with Gasteiger partial charge in [0.05, 0.1) is 9.79 Å². The SMILES string of the molecule is CC1CC(C)CN(S(=O)(=O)c2ccc3[nH]c(C(=O)O)cc3c2)C1.CCN(CC)C(=O)c1cc2cc(S(=O)(=O)N3CC(C)CC(C)C3)ccc2[nH]1. The number of H-pyrrole nitrogens is 2. The molecule has 2 aliphatic rings. The monoisotopic (exact) mass is 727 g/mol. The van der Waals surface area contributed by atoms with Crippen LogP contribution in [0, 0.1) is 23.7 Å². The number of carboxylic acid groups (broad SMARTS) is 1. The number of hydrogen-bond acceptors (Lipinski definition) is 6. The molecule has 4 aromatic rings. The third-order valence-electron chi connectivity index (χ3n) is 9.64. The molecule has 4 unspecified atom stereocenters. The third-order valence-corrected chi connectivity index (χ3v) is 13.3. The maximum absolute atomic E-state index is 13.1. The highest BCUT2D eigenvalue weighted by Gasteiger charge is 2.33. The number of aromatic amines is 2. The van der Waals surface area contributed by atoms with Crippen LogP contribution in [0.1, 0.15) is 75.4 Å². The fraction of sp³-hybridized carbons (Fsp3) is 0.500. The van der Waals surface area contributed by atoms with Crippen LogP contribution in [0.3, 0.4) is 0 Å². The highest BCUT2D eigenvalue weighted by Crippen LogP contribution is 2.30. The van der Waals surface area contributed by atoms with Crippen molar-refractivity contribution in [2.75, 3.05) is 39.3 Å². The molecule has 0 spiro atoms. The van der Waals surface area contributed by atoms with Gasteiger partial charge in [0.2, 0.25) is 20.0 Å². The molecule has 50 heavy (non-hydrogen) atoms. The van der Waals surface area contributed by atoms with E-state index in [1.165, 1.54) is 22.5 Å². The number of sulfonamides is 2. The Morgan fingerprint density at radius 1 is 0.680 bits per heavy atom. The van der Waals surface area contributed by atoms with E-state index in [9.17, 15) is 26.4 Å². The van der Waals surface area contributed by atoms with Crippen LogP contribution in [0.25, 0.3) is 21.8 Å².